The lowest BCUT2D eigenvalue weighted by atomic mass is 10.0. The average Bonchev–Trinajstić information content (AvgIpc) is 3.34. The Morgan fingerprint density at radius 2 is 0.754 bits per heavy atom. The van der Waals surface area contributed by atoms with Gasteiger partial charge in [0.25, 0.3) is 0 Å². The highest BCUT2D eigenvalue weighted by atomic mass is 31.2. The summed E-state index contributed by atoms with van der Waals surface area (Å²) in [5, 5.41) is 0. The first-order valence-corrected chi connectivity index (χ1v) is 31.0. The van der Waals surface area contributed by atoms with Gasteiger partial charge < -0.3 is 20.1 Å². The van der Waals surface area contributed by atoms with Crippen molar-refractivity contribution in [2.45, 2.75) is 302 Å². The van der Waals surface area contributed by atoms with Crippen LogP contribution in [0.4, 0.5) is 0 Å². The van der Waals surface area contributed by atoms with Crippen LogP contribution in [0.5, 0.6) is 0 Å². The second-order valence-corrected chi connectivity index (χ2v) is 21.3. The van der Waals surface area contributed by atoms with Crippen LogP contribution in [0, 0.1) is 0 Å². The number of phosphoric acid groups is 1. The van der Waals surface area contributed by atoms with E-state index in [9.17, 15) is 19.0 Å². The molecule has 9 nitrogen and oxygen atoms in total. The van der Waals surface area contributed by atoms with E-state index in [1.165, 1.54) is 225 Å². The lowest BCUT2D eigenvalue weighted by Gasteiger charge is -2.19. The van der Waals surface area contributed by atoms with Crippen molar-refractivity contribution in [3.05, 3.63) is 36.5 Å². The zero-order chi connectivity index (χ0) is 50.2. The maximum atomic E-state index is 12.7. The molecule has 0 heterocycles. The molecule has 0 aromatic carbocycles. The fraction of sp³-hybridized carbons (Fsp3) is 0.864. The van der Waals surface area contributed by atoms with Crippen molar-refractivity contribution in [2.24, 2.45) is 5.73 Å². The molecule has 0 radical (unpaired) electrons. The molecule has 406 valence electrons. The molecular formula is C59H112NO8P. The van der Waals surface area contributed by atoms with Gasteiger partial charge in [0.15, 0.2) is 6.10 Å². The van der Waals surface area contributed by atoms with Crippen LogP contribution in [0.25, 0.3) is 0 Å². The van der Waals surface area contributed by atoms with Crippen LogP contribution in [0.15, 0.2) is 36.5 Å². The molecule has 0 saturated carbocycles. The molecule has 0 fully saturated rings. The summed E-state index contributed by atoms with van der Waals surface area (Å²) >= 11 is 0. The lowest BCUT2D eigenvalue weighted by molar-refractivity contribution is -0.161. The van der Waals surface area contributed by atoms with Gasteiger partial charge in [-0.1, -0.05) is 249 Å². The van der Waals surface area contributed by atoms with Crippen molar-refractivity contribution in [3.8, 4) is 0 Å². The van der Waals surface area contributed by atoms with E-state index in [-0.39, 0.29) is 38.6 Å². The van der Waals surface area contributed by atoms with Crippen molar-refractivity contribution in [1.29, 1.82) is 0 Å². The van der Waals surface area contributed by atoms with E-state index in [2.05, 4.69) is 50.3 Å². The van der Waals surface area contributed by atoms with Crippen molar-refractivity contribution in [3.63, 3.8) is 0 Å². The molecule has 3 N–H and O–H groups in total. The summed E-state index contributed by atoms with van der Waals surface area (Å²) in [5.41, 5.74) is 5.38. The number of carbonyl (C=O) groups is 2. The molecule has 2 atom stereocenters. The number of nitrogens with two attached hydrogens (primary N) is 1. The summed E-state index contributed by atoms with van der Waals surface area (Å²) in [5.74, 6) is -0.816. The topological polar surface area (TPSA) is 134 Å². The lowest BCUT2D eigenvalue weighted by Crippen LogP contribution is -2.29. The van der Waals surface area contributed by atoms with Gasteiger partial charge in [0.1, 0.15) is 6.61 Å². The van der Waals surface area contributed by atoms with Crippen molar-refractivity contribution < 1.29 is 37.6 Å². The monoisotopic (exact) mass is 994 g/mol. The van der Waals surface area contributed by atoms with E-state index in [0.29, 0.717) is 6.42 Å². The molecule has 0 amide bonds. The van der Waals surface area contributed by atoms with Crippen LogP contribution in [0.2, 0.25) is 0 Å². The van der Waals surface area contributed by atoms with E-state index in [1.807, 2.05) is 0 Å². The van der Waals surface area contributed by atoms with Gasteiger partial charge in [-0.05, 0) is 70.6 Å². The highest BCUT2D eigenvalue weighted by Crippen LogP contribution is 2.43. The normalized spacial score (nSPS) is 13.3. The zero-order valence-corrected chi connectivity index (χ0v) is 46.2. The second kappa shape index (κ2) is 55.5. The van der Waals surface area contributed by atoms with E-state index in [4.69, 9.17) is 24.3 Å². The number of unbranched alkanes of at least 4 members (excludes halogenated alkanes) is 37. The molecule has 10 heteroatoms. The van der Waals surface area contributed by atoms with Gasteiger partial charge in [-0.15, -0.1) is 0 Å². The van der Waals surface area contributed by atoms with E-state index in [0.717, 1.165) is 38.5 Å². The Morgan fingerprint density at radius 3 is 1.12 bits per heavy atom. The Balaban J connectivity index is 3.91. The summed E-state index contributed by atoms with van der Waals surface area (Å²) in [6, 6.07) is 0. The molecule has 0 bridgehead atoms. The summed E-state index contributed by atoms with van der Waals surface area (Å²) in [7, 11) is -4.38. The largest absolute Gasteiger partial charge is 0.472 e. The fourth-order valence-corrected chi connectivity index (χ4v) is 9.37. The predicted octanol–water partition coefficient (Wildman–Crippen LogP) is 18.4. The molecular weight excluding hydrogens is 882 g/mol. The number of phosphoric ester groups is 1. The fourth-order valence-electron chi connectivity index (χ4n) is 8.60. The van der Waals surface area contributed by atoms with Crippen LogP contribution >= 0.6 is 7.82 Å². The van der Waals surface area contributed by atoms with Crippen molar-refractivity contribution in [1.82, 2.24) is 0 Å². The van der Waals surface area contributed by atoms with Crippen LogP contribution in [0.1, 0.15) is 296 Å². The molecule has 0 saturated heterocycles. The average molecular weight is 995 g/mol. The number of hydrogen-bond acceptors (Lipinski definition) is 8. The number of hydrogen-bond donors (Lipinski definition) is 2. The minimum atomic E-state index is -4.38. The van der Waals surface area contributed by atoms with Crippen molar-refractivity contribution >= 4 is 19.8 Å². The van der Waals surface area contributed by atoms with Crippen LogP contribution in [-0.4, -0.2) is 49.3 Å². The Morgan fingerprint density at radius 1 is 0.435 bits per heavy atom. The molecule has 2 unspecified atom stereocenters. The number of carbonyl (C=O) groups excluding carboxylic acids is 2. The van der Waals surface area contributed by atoms with Crippen LogP contribution in [-0.2, 0) is 32.7 Å². The van der Waals surface area contributed by atoms with E-state index < -0.39 is 26.5 Å². The SMILES string of the molecule is CCCCCCC/C=C\C/C=C\CCCCCCCCCCCCCCCCCCCC(=O)OC(COC(=O)CCCCCCCCCCC/C=C\CCCCCCCC)COP(=O)(O)OCCN. The number of rotatable bonds is 56. The van der Waals surface area contributed by atoms with Crippen LogP contribution < -0.4 is 5.73 Å². The van der Waals surface area contributed by atoms with Gasteiger partial charge in [0, 0.05) is 19.4 Å². The summed E-state index contributed by atoms with van der Waals surface area (Å²) in [6.45, 7) is 3.77. The third kappa shape index (κ3) is 55.4. The predicted molar refractivity (Wildman–Crippen MR) is 294 cm³/mol. The Labute approximate surface area is 426 Å². The zero-order valence-electron chi connectivity index (χ0n) is 45.3. The molecule has 0 aromatic rings. The molecule has 0 aliphatic heterocycles. The van der Waals surface area contributed by atoms with Gasteiger partial charge in [-0.25, -0.2) is 4.57 Å². The Kier molecular flexibility index (Phi) is 54.1. The minimum absolute atomic E-state index is 0.0546. The third-order valence-electron chi connectivity index (χ3n) is 13.0. The van der Waals surface area contributed by atoms with Gasteiger partial charge in [0.2, 0.25) is 0 Å². The third-order valence-corrected chi connectivity index (χ3v) is 14.0. The molecule has 0 rings (SSSR count). The highest BCUT2D eigenvalue weighted by molar-refractivity contribution is 7.47. The van der Waals surface area contributed by atoms with Gasteiger partial charge in [-0.3, -0.25) is 18.6 Å². The smallest absolute Gasteiger partial charge is 0.462 e. The first-order chi connectivity index (χ1) is 33.8. The first-order valence-electron chi connectivity index (χ1n) is 29.5. The first kappa shape index (κ1) is 67.2. The maximum absolute atomic E-state index is 12.7. The minimum Gasteiger partial charge on any atom is -0.462 e. The second-order valence-electron chi connectivity index (χ2n) is 19.9. The standard InChI is InChI=1S/C59H112NO8P/c1-3-5-7-9-11-13-15-17-19-21-23-24-25-26-27-28-29-30-31-32-34-36-38-40-42-44-46-48-50-52-59(62)68-57(56-67-69(63,64)66-54-53-60)55-65-58(61)51-49-47-45-43-41-39-37-35-33-22-20-18-16-14-12-10-8-6-4-2/h15,17-18,20-21,23,57H,3-14,16,19,22,24-56,60H2,1-2H3,(H,63,64)/b17-15-,20-18-,23-21-. The summed E-state index contributed by atoms with van der Waals surface area (Å²) < 4.78 is 33.0. The van der Waals surface area contributed by atoms with E-state index >= 15 is 0 Å². The van der Waals surface area contributed by atoms with Gasteiger partial charge in [0.05, 0.1) is 13.2 Å². The Bertz CT molecular complexity index is 1220. The number of allylic oxidation sites excluding steroid dienone is 6. The maximum Gasteiger partial charge on any atom is 0.472 e. The summed E-state index contributed by atoms with van der Waals surface area (Å²) in [4.78, 5) is 35.2. The number of ether oxygens (including phenoxy) is 2. The molecule has 0 aliphatic carbocycles. The quantitative estimate of drug-likeness (QED) is 0.0264. The Hall–Kier alpha value is -1.77. The molecule has 0 aromatic heterocycles. The molecule has 69 heavy (non-hydrogen) atoms. The van der Waals surface area contributed by atoms with Crippen molar-refractivity contribution in [2.75, 3.05) is 26.4 Å². The van der Waals surface area contributed by atoms with E-state index in [1.54, 1.807) is 0 Å². The number of esters is 2. The van der Waals surface area contributed by atoms with Gasteiger partial charge in [-0.2, -0.15) is 0 Å². The summed E-state index contributed by atoms with van der Waals surface area (Å²) in [6.07, 6.45) is 66.3. The van der Waals surface area contributed by atoms with Gasteiger partial charge >= 0.3 is 19.8 Å². The molecule has 0 spiro atoms. The highest BCUT2D eigenvalue weighted by Gasteiger charge is 2.26. The molecule has 0 aliphatic rings. The van der Waals surface area contributed by atoms with Crippen LogP contribution in [0.3, 0.4) is 0 Å².